The molecule has 0 aromatic heterocycles. The number of fused-ring (bicyclic) bond motifs is 6. The highest BCUT2D eigenvalue weighted by molar-refractivity contribution is 7.87. The Labute approximate surface area is 222 Å². The second kappa shape index (κ2) is 8.70. The average molecular weight is 525 g/mol. The van der Waals surface area contributed by atoms with E-state index in [1.165, 1.54) is 0 Å². The predicted octanol–water partition coefficient (Wildman–Crippen LogP) is 8.35. The highest BCUT2D eigenvalue weighted by atomic mass is 35.5. The van der Waals surface area contributed by atoms with Gasteiger partial charge >= 0.3 is 0 Å². The fourth-order valence-corrected chi connectivity index (χ4v) is 8.14. The summed E-state index contributed by atoms with van der Waals surface area (Å²) in [6.07, 6.45) is 4.27. The van der Waals surface area contributed by atoms with Crippen molar-refractivity contribution in [1.82, 2.24) is 0 Å². The van der Waals surface area contributed by atoms with Crippen molar-refractivity contribution in [2.45, 2.75) is 43.1 Å². The molecule has 0 aliphatic heterocycles. The fraction of sp³-hybridized carbons (Fsp3) is 0.188. The van der Waals surface area contributed by atoms with E-state index in [0.717, 1.165) is 82.2 Å². The molecule has 184 valence electrons. The van der Waals surface area contributed by atoms with Crippen molar-refractivity contribution >= 4 is 32.9 Å². The molecule has 0 spiro atoms. The lowest BCUT2D eigenvalue weighted by Crippen LogP contribution is -2.22. The smallest absolute Gasteiger partial charge is 0.263 e. The molecule has 3 nitrogen and oxygen atoms in total. The first-order valence-corrected chi connectivity index (χ1v) is 14.6. The first-order valence-electron chi connectivity index (χ1n) is 12.8. The van der Waals surface area contributed by atoms with Gasteiger partial charge in [-0.05, 0) is 63.4 Å². The van der Waals surface area contributed by atoms with E-state index >= 15 is 0 Å². The van der Waals surface area contributed by atoms with Gasteiger partial charge in [0.25, 0.3) is 10.1 Å². The second-order valence-corrected chi connectivity index (χ2v) is 11.9. The number of halogens is 1. The number of benzene rings is 4. The monoisotopic (exact) mass is 524 g/mol. The largest absolute Gasteiger partial charge is 0.299 e. The molecule has 0 radical (unpaired) electrons. The molecule has 0 bridgehead atoms. The van der Waals surface area contributed by atoms with Gasteiger partial charge in [0, 0.05) is 11.1 Å². The summed E-state index contributed by atoms with van der Waals surface area (Å²) in [6.45, 7) is 0. The Morgan fingerprint density at radius 1 is 0.595 bits per heavy atom. The molecule has 0 atom stereocenters. The molecule has 1 saturated carbocycles. The highest BCUT2D eigenvalue weighted by Gasteiger charge is 2.38. The average Bonchev–Trinajstić information content (AvgIpc) is 3.41. The van der Waals surface area contributed by atoms with Crippen LogP contribution < -0.4 is 0 Å². The Kier molecular flexibility index (Phi) is 5.40. The van der Waals surface area contributed by atoms with E-state index in [1.54, 1.807) is 6.07 Å². The van der Waals surface area contributed by atoms with Crippen molar-refractivity contribution in [2.75, 3.05) is 0 Å². The van der Waals surface area contributed by atoms with Gasteiger partial charge in [-0.15, -0.1) is 0 Å². The van der Waals surface area contributed by atoms with E-state index < -0.39 is 10.1 Å². The van der Waals surface area contributed by atoms with Crippen LogP contribution in [0.25, 0.3) is 33.4 Å². The van der Waals surface area contributed by atoms with Crippen LogP contribution in [0.3, 0.4) is 0 Å². The van der Waals surface area contributed by atoms with Crippen molar-refractivity contribution in [2.24, 2.45) is 0 Å². The molecule has 4 aromatic carbocycles. The van der Waals surface area contributed by atoms with E-state index in [9.17, 15) is 8.42 Å². The molecule has 1 fully saturated rings. The third kappa shape index (κ3) is 3.54. The van der Waals surface area contributed by atoms with Crippen LogP contribution in [0.15, 0.2) is 89.8 Å². The minimum atomic E-state index is -4.12. The second-order valence-electron chi connectivity index (χ2n) is 10.00. The van der Waals surface area contributed by atoms with Gasteiger partial charge in [-0.25, -0.2) is 0 Å². The lowest BCUT2D eigenvalue weighted by atomic mass is 9.91. The normalized spacial score (nSPS) is 16.4. The standard InChI is InChI=1S/C32H25ClO3S/c33-28-19-18-27-23-14-6-9-17-26(23)30(31(27)32(28)37(34,35)36-20-10-2-1-3-11-20)29-24-15-7-4-12-21(24)22-13-5-8-16-25(22)29/h4-9,12-20H,1-3,10-11H2. The Bertz CT molecular complexity index is 1660. The van der Waals surface area contributed by atoms with Gasteiger partial charge in [0.2, 0.25) is 0 Å². The maximum Gasteiger partial charge on any atom is 0.299 e. The highest BCUT2D eigenvalue weighted by Crippen LogP contribution is 2.56. The lowest BCUT2D eigenvalue weighted by molar-refractivity contribution is 0.162. The SMILES string of the molecule is O=S(=O)(OC1CCCCC1)c1c(Cl)ccc2c1C(=C1c3ccccc3-c3ccccc31)c1ccccc1-2. The zero-order chi connectivity index (χ0) is 25.1. The summed E-state index contributed by atoms with van der Waals surface area (Å²) in [6, 6.07) is 28.4. The third-order valence-corrected chi connectivity index (χ3v) is 9.72. The van der Waals surface area contributed by atoms with Crippen molar-refractivity contribution < 1.29 is 12.6 Å². The summed E-state index contributed by atoms with van der Waals surface area (Å²) >= 11 is 6.74. The van der Waals surface area contributed by atoms with Crippen LogP contribution in [-0.4, -0.2) is 14.5 Å². The number of rotatable bonds is 3. The van der Waals surface area contributed by atoms with E-state index in [-0.39, 0.29) is 16.0 Å². The van der Waals surface area contributed by atoms with E-state index in [2.05, 4.69) is 36.4 Å². The molecule has 7 rings (SSSR count). The van der Waals surface area contributed by atoms with Crippen LogP contribution in [0.1, 0.15) is 54.4 Å². The molecule has 0 saturated heterocycles. The van der Waals surface area contributed by atoms with Gasteiger partial charge in [-0.3, -0.25) is 4.18 Å². The Morgan fingerprint density at radius 2 is 1.08 bits per heavy atom. The lowest BCUT2D eigenvalue weighted by Gasteiger charge is -2.23. The molecule has 37 heavy (non-hydrogen) atoms. The van der Waals surface area contributed by atoms with Gasteiger partial charge in [0.05, 0.1) is 11.1 Å². The van der Waals surface area contributed by atoms with Crippen molar-refractivity contribution in [1.29, 1.82) is 0 Å². The first-order chi connectivity index (χ1) is 18.0. The molecule has 3 aliphatic rings. The van der Waals surface area contributed by atoms with E-state index in [4.69, 9.17) is 15.8 Å². The molecular weight excluding hydrogens is 500 g/mol. The third-order valence-electron chi connectivity index (χ3n) is 7.84. The van der Waals surface area contributed by atoms with Gasteiger partial charge in [0.15, 0.2) is 0 Å². The van der Waals surface area contributed by atoms with Crippen LogP contribution in [0.4, 0.5) is 0 Å². The van der Waals surface area contributed by atoms with Crippen molar-refractivity contribution in [3.63, 3.8) is 0 Å². The molecule has 4 aromatic rings. The zero-order valence-electron chi connectivity index (χ0n) is 20.2. The van der Waals surface area contributed by atoms with Crippen molar-refractivity contribution in [3.8, 4) is 22.3 Å². The minimum absolute atomic E-state index is 0.0813. The molecule has 0 N–H and O–H groups in total. The van der Waals surface area contributed by atoms with Crippen LogP contribution in [0.2, 0.25) is 5.02 Å². The Balaban J connectivity index is 1.56. The van der Waals surface area contributed by atoms with Gasteiger partial charge in [-0.2, -0.15) is 8.42 Å². The van der Waals surface area contributed by atoms with Gasteiger partial charge in [-0.1, -0.05) is 110 Å². The van der Waals surface area contributed by atoms with Gasteiger partial charge in [0.1, 0.15) is 4.90 Å². The van der Waals surface area contributed by atoms with E-state index in [1.807, 2.05) is 42.5 Å². The number of hydrogen-bond acceptors (Lipinski definition) is 3. The maximum absolute atomic E-state index is 14.0. The van der Waals surface area contributed by atoms with Crippen LogP contribution in [0, 0.1) is 0 Å². The summed E-state index contributed by atoms with van der Waals surface area (Å²) in [7, 11) is -4.12. The topological polar surface area (TPSA) is 43.4 Å². The Morgan fingerprint density at radius 3 is 1.65 bits per heavy atom. The predicted molar refractivity (Wildman–Crippen MR) is 149 cm³/mol. The number of hydrogen-bond donors (Lipinski definition) is 0. The summed E-state index contributed by atoms with van der Waals surface area (Å²) in [4.78, 5) is 0.0813. The molecule has 5 heteroatoms. The Hall–Kier alpha value is -3.18. The molecular formula is C32H25ClO3S. The van der Waals surface area contributed by atoms with Gasteiger partial charge < -0.3 is 0 Å². The van der Waals surface area contributed by atoms with Crippen molar-refractivity contribution in [3.05, 3.63) is 112 Å². The zero-order valence-corrected chi connectivity index (χ0v) is 21.8. The fourth-order valence-electron chi connectivity index (χ4n) is 6.28. The van der Waals surface area contributed by atoms with Crippen LogP contribution in [-0.2, 0) is 14.3 Å². The molecule has 3 aliphatic carbocycles. The van der Waals surface area contributed by atoms with Crippen LogP contribution in [0.5, 0.6) is 0 Å². The summed E-state index contributed by atoms with van der Waals surface area (Å²) in [5.41, 5.74) is 9.96. The maximum atomic E-state index is 14.0. The minimum Gasteiger partial charge on any atom is -0.263 e. The molecule has 0 heterocycles. The van der Waals surface area contributed by atoms with E-state index in [0.29, 0.717) is 5.56 Å². The summed E-state index contributed by atoms with van der Waals surface area (Å²) < 4.78 is 33.8. The molecule has 0 amide bonds. The quantitative estimate of drug-likeness (QED) is 0.218. The van der Waals surface area contributed by atoms with Crippen LogP contribution >= 0.6 is 11.6 Å². The summed E-state index contributed by atoms with van der Waals surface area (Å²) in [5.74, 6) is 0. The summed E-state index contributed by atoms with van der Waals surface area (Å²) in [5, 5.41) is 0.194. The molecule has 0 unspecified atom stereocenters. The first kappa shape index (κ1) is 23.0.